The van der Waals surface area contributed by atoms with Crippen molar-refractivity contribution in [2.75, 3.05) is 31.8 Å². The van der Waals surface area contributed by atoms with Gasteiger partial charge in [-0.1, -0.05) is 11.6 Å². The predicted molar refractivity (Wildman–Crippen MR) is 123 cm³/mol. The Morgan fingerprint density at radius 2 is 1.88 bits per heavy atom. The number of hydrogen-bond donors (Lipinski definition) is 3. The number of nitrogens with one attached hydrogen (secondary N) is 3. The van der Waals surface area contributed by atoms with Crippen LogP contribution in [0, 0.1) is 17.6 Å². The molecule has 3 N–H and O–H groups in total. The Morgan fingerprint density at radius 3 is 2.45 bits per heavy atom. The van der Waals surface area contributed by atoms with E-state index in [1.165, 1.54) is 7.11 Å². The first kappa shape index (κ1) is 25.2. The van der Waals surface area contributed by atoms with Crippen LogP contribution in [0.5, 0.6) is 5.75 Å². The van der Waals surface area contributed by atoms with Crippen LogP contribution in [0.15, 0.2) is 36.4 Å². The molecular weight excluding hydrogens is 476 g/mol. The van der Waals surface area contributed by atoms with Crippen LogP contribution in [-0.2, 0) is 9.84 Å². The smallest absolute Gasteiger partial charge is 0.319 e. The summed E-state index contributed by atoms with van der Waals surface area (Å²) in [6.45, 7) is 0.995. The zero-order valence-corrected chi connectivity index (χ0v) is 19.8. The number of halogens is 3. The van der Waals surface area contributed by atoms with Crippen LogP contribution in [0.4, 0.5) is 19.3 Å². The van der Waals surface area contributed by atoms with E-state index in [0.717, 1.165) is 18.4 Å². The van der Waals surface area contributed by atoms with E-state index in [0.29, 0.717) is 30.2 Å². The van der Waals surface area contributed by atoms with E-state index in [-0.39, 0.29) is 18.1 Å². The largest absolute Gasteiger partial charge is 0.497 e. The lowest BCUT2D eigenvalue weighted by Crippen LogP contribution is -2.51. The highest BCUT2D eigenvalue weighted by atomic mass is 35.5. The van der Waals surface area contributed by atoms with Gasteiger partial charge in [0.15, 0.2) is 9.84 Å². The van der Waals surface area contributed by atoms with Gasteiger partial charge in [-0.05, 0) is 56.1 Å². The molecule has 180 valence electrons. The number of urea groups is 1. The van der Waals surface area contributed by atoms with E-state index in [4.69, 9.17) is 16.3 Å². The number of anilines is 1. The number of carbonyl (C=O) groups is 1. The van der Waals surface area contributed by atoms with Crippen LogP contribution >= 0.6 is 11.6 Å². The van der Waals surface area contributed by atoms with Crippen molar-refractivity contribution in [3.05, 3.63) is 58.6 Å². The summed E-state index contributed by atoms with van der Waals surface area (Å²) in [6, 6.07) is 7.64. The van der Waals surface area contributed by atoms with Gasteiger partial charge in [0.05, 0.1) is 12.4 Å². The zero-order chi connectivity index (χ0) is 24.2. The number of benzene rings is 2. The molecule has 2 aromatic rings. The number of carbonyl (C=O) groups excluding carboxylic acids is 1. The average Bonchev–Trinajstić information content (AvgIpc) is 2.74. The predicted octanol–water partition coefficient (Wildman–Crippen LogP) is 3.90. The molecule has 1 aliphatic rings. The quantitative estimate of drug-likeness (QED) is 0.534. The summed E-state index contributed by atoms with van der Waals surface area (Å²) in [4.78, 5) is 12.5. The Kier molecular flexibility index (Phi) is 8.14. The Hall–Kier alpha value is -2.43. The highest BCUT2D eigenvalue weighted by Crippen LogP contribution is 2.36. The van der Waals surface area contributed by atoms with Crippen molar-refractivity contribution in [1.82, 2.24) is 10.6 Å². The van der Waals surface area contributed by atoms with Gasteiger partial charge in [0.25, 0.3) is 0 Å². The van der Waals surface area contributed by atoms with Crippen LogP contribution in [0.1, 0.15) is 23.7 Å². The zero-order valence-electron chi connectivity index (χ0n) is 18.2. The molecule has 33 heavy (non-hydrogen) atoms. The molecule has 3 atom stereocenters. The van der Waals surface area contributed by atoms with Gasteiger partial charge in [-0.15, -0.1) is 0 Å². The summed E-state index contributed by atoms with van der Waals surface area (Å²) in [7, 11) is -2.61. The van der Waals surface area contributed by atoms with E-state index in [1.54, 1.807) is 24.3 Å². The molecule has 0 aliphatic carbocycles. The number of piperidine rings is 1. The van der Waals surface area contributed by atoms with Crippen molar-refractivity contribution in [3.8, 4) is 5.75 Å². The fraction of sp³-hybridized carbons (Fsp3) is 0.409. The summed E-state index contributed by atoms with van der Waals surface area (Å²) in [5.74, 6) is -2.40. The molecule has 1 heterocycles. The fourth-order valence-electron chi connectivity index (χ4n) is 4.00. The molecule has 0 bridgehead atoms. The van der Waals surface area contributed by atoms with Gasteiger partial charge in [-0.2, -0.15) is 0 Å². The van der Waals surface area contributed by atoms with Crippen molar-refractivity contribution in [1.29, 1.82) is 0 Å². The summed E-state index contributed by atoms with van der Waals surface area (Å²) in [6.07, 6.45) is 1.41. The maximum absolute atomic E-state index is 14.7. The van der Waals surface area contributed by atoms with Crippen LogP contribution < -0.4 is 20.7 Å². The molecule has 2 unspecified atom stereocenters. The van der Waals surface area contributed by atoms with Gasteiger partial charge in [0.1, 0.15) is 17.4 Å². The maximum atomic E-state index is 14.7. The second-order valence-corrected chi connectivity index (χ2v) is 10.7. The molecule has 1 aliphatic heterocycles. The topological polar surface area (TPSA) is 96.5 Å². The van der Waals surface area contributed by atoms with E-state index in [2.05, 4.69) is 16.0 Å². The minimum absolute atomic E-state index is 0.0428. The van der Waals surface area contributed by atoms with E-state index in [9.17, 15) is 22.0 Å². The first-order valence-electron chi connectivity index (χ1n) is 10.3. The van der Waals surface area contributed by atoms with Gasteiger partial charge in [0, 0.05) is 40.7 Å². The highest BCUT2D eigenvalue weighted by Gasteiger charge is 2.36. The van der Waals surface area contributed by atoms with Crippen molar-refractivity contribution in [2.24, 2.45) is 5.92 Å². The van der Waals surface area contributed by atoms with Gasteiger partial charge in [0.2, 0.25) is 0 Å². The van der Waals surface area contributed by atoms with Gasteiger partial charge >= 0.3 is 6.03 Å². The molecule has 1 saturated heterocycles. The van der Waals surface area contributed by atoms with Crippen LogP contribution in [0.25, 0.3) is 0 Å². The Bertz CT molecular complexity index is 1080. The number of methoxy groups -OCH3 is 1. The molecule has 2 amide bonds. The monoisotopic (exact) mass is 501 g/mol. The molecule has 0 saturated carbocycles. The third-order valence-electron chi connectivity index (χ3n) is 5.67. The first-order chi connectivity index (χ1) is 15.6. The average molecular weight is 502 g/mol. The van der Waals surface area contributed by atoms with E-state index < -0.39 is 44.4 Å². The molecule has 0 spiro atoms. The molecule has 0 radical (unpaired) electrons. The standard InChI is InChI=1S/C22H26ClF2N3O4S/c1-32-16-10-17(24)21(18(25)11-16)20(33(2,30)31)9-13-12-26-8-7-19(13)28-22(29)27-15-5-3-14(23)4-6-15/h3-6,10-11,13,19-20,26H,7-9,12H2,1-2H3,(H2,27,28,29)/t13?,19?,20-/m1/s1. The number of rotatable bonds is 7. The molecular formula is C22H26ClF2N3O4S. The second kappa shape index (κ2) is 10.7. The highest BCUT2D eigenvalue weighted by molar-refractivity contribution is 7.90. The third-order valence-corrected chi connectivity index (χ3v) is 7.38. The van der Waals surface area contributed by atoms with Gasteiger partial charge in [-0.25, -0.2) is 22.0 Å². The van der Waals surface area contributed by atoms with Crippen LogP contribution in [0.2, 0.25) is 5.02 Å². The molecule has 1 fully saturated rings. The lowest BCUT2D eigenvalue weighted by atomic mass is 9.87. The van der Waals surface area contributed by atoms with Crippen molar-refractivity contribution in [2.45, 2.75) is 24.1 Å². The summed E-state index contributed by atoms with van der Waals surface area (Å²) < 4.78 is 59.4. The van der Waals surface area contributed by atoms with Crippen molar-refractivity contribution >= 4 is 33.2 Å². The minimum atomic E-state index is -3.88. The van der Waals surface area contributed by atoms with Crippen molar-refractivity contribution in [3.63, 3.8) is 0 Å². The Morgan fingerprint density at radius 1 is 1.24 bits per heavy atom. The SMILES string of the molecule is COc1cc(F)c([C@@H](CC2CNCCC2NC(=O)Nc2ccc(Cl)cc2)S(C)(=O)=O)c(F)c1. The van der Waals surface area contributed by atoms with E-state index >= 15 is 0 Å². The normalized spacial score (nSPS) is 19.5. The summed E-state index contributed by atoms with van der Waals surface area (Å²) >= 11 is 5.85. The second-order valence-electron chi connectivity index (χ2n) is 8.02. The lowest BCUT2D eigenvalue weighted by Gasteiger charge is -2.35. The van der Waals surface area contributed by atoms with Gasteiger partial charge < -0.3 is 20.7 Å². The molecule has 7 nitrogen and oxygen atoms in total. The molecule has 11 heteroatoms. The molecule has 3 rings (SSSR count). The molecule has 0 aromatic heterocycles. The number of hydrogen-bond acceptors (Lipinski definition) is 5. The lowest BCUT2D eigenvalue weighted by molar-refractivity contribution is 0.228. The summed E-state index contributed by atoms with van der Waals surface area (Å²) in [5, 5.41) is 7.84. The first-order valence-corrected chi connectivity index (χ1v) is 12.7. The van der Waals surface area contributed by atoms with Gasteiger partial charge in [-0.3, -0.25) is 0 Å². The number of ether oxygens (including phenoxy) is 1. The van der Waals surface area contributed by atoms with Crippen LogP contribution in [-0.4, -0.2) is 46.9 Å². The van der Waals surface area contributed by atoms with Crippen LogP contribution in [0.3, 0.4) is 0 Å². The third kappa shape index (κ3) is 6.55. The Balaban J connectivity index is 1.80. The number of sulfone groups is 1. The summed E-state index contributed by atoms with van der Waals surface area (Å²) in [5.41, 5.74) is 0.0204. The molecule has 2 aromatic carbocycles. The maximum Gasteiger partial charge on any atom is 0.319 e. The minimum Gasteiger partial charge on any atom is -0.497 e. The number of amides is 2. The fourth-order valence-corrected chi connectivity index (χ4v) is 5.37. The Labute approximate surface area is 196 Å². The van der Waals surface area contributed by atoms with E-state index in [1.807, 2.05) is 0 Å². The van der Waals surface area contributed by atoms with Crippen molar-refractivity contribution < 1.29 is 26.7 Å².